The van der Waals surface area contributed by atoms with Gasteiger partial charge in [-0.3, -0.25) is 0 Å². The van der Waals surface area contributed by atoms with Crippen molar-refractivity contribution in [3.8, 4) is 9.85 Å². The van der Waals surface area contributed by atoms with Crippen molar-refractivity contribution in [2.45, 2.75) is 25.7 Å². The zero-order chi connectivity index (χ0) is 13.1. The number of halogens is 1. The minimum Gasteiger partial charge on any atom is -0.0588 e. The number of aryl methyl sites for hydroxylation is 4. The molecule has 2 aromatic rings. The summed E-state index contributed by atoms with van der Waals surface area (Å²) in [5, 5.41) is 0. The van der Waals surface area contributed by atoms with Crippen molar-refractivity contribution < 1.29 is 0 Å². The molecule has 6 rings (SSSR count). The van der Waals surface area contributed by atoms with Crippen LogP contribution in [0.3, 0.4) is 0 Å². The molecule has 0 radical (unpaired) electrons. The summed E-state index contributed by atoms with van der Waals surface area (Å²) >= 11 is 2.12. The van der Waals surface area contributed by atoms with E-state index < -0.39 is 0 Å². The summed E-state index contributed by atoms with van der Waals surface area (Å²) in [6, 6.07) is 15.9. The van der Waals surface area contributed by atoms with Crippen LogP contribution in [0, 0.1) is 9.85 Å². The zero-order valence-electron chi connectivity index (χ0n) is 10.7. The highest BCUT2D eigenvalue weighted by Gasteiger charge is 2.06. The third-order valence-electron chi connectivity index (χ3n) is 3.76. The van der Waals surface area contributed by atoms with Crippen molar-refractivity contribution in [1.29, 1.82) is 0 Å². The Kier molecular flexibility index (Phi) is 3.89. The molecular weight excluding hydrogens is 343 g/mol. The van der Waals surface area contributed by atoms with E-state index in [2.05, 4.69) is 74.9 Å². The van der Waals surface area contributed by atoms with E-state index in [0.717, 1.165) is 25.7 Å². The Morgan fingerprint density at radius 1 is 0.737 bits per heavy atom. The monoisotopic (exact) mass is 358 g/mol. The van der Waals surface area contributed by atoms with E-state index in [-0.39, 0.29) is 0 Å². The standard InChI is InChI=1S/C18H15I/c19-12-11-18-13-16-6-5-14-1-3-15(4-2-14)7-9-17(18)10-8-16/h1-4,8,10,13H,5-7,9H2. The first-order chi connectivity index (χ1) is 9.35. The Morgan fingerprint density at radius 3 is 2.00 bits per heavy atom. The van der Waals surface area contributed by atoms with Gasteiger partial charge in [0.25, 0.3) is 0 Å². The van der Waals surface area contributed by atoms with Gasteiger partial charge in [0.15, 0.2) is 0 Å². The van der Waals surface area contributed by atoms with E-state index in [4.69, 9.17) is 0 Å². The summed E-state index contributed by atoms with van der Waals surface area (Å²) < 4.78 is 3.01. The summed E-state index contributed by atoms with van der Waals surface area (Å²) in [5.41, 5.74) is 6.82. The van der Waals surface area contributed by atoms with Crippen LogP contribution in [0.1, 0.15) is 27.8 Å². The normalized spacial score (nSPS) is 13.3. The summed E-state index contributed by atoms with van der Waals surface area (Å²) in [4.78, 5) is 0. The second-order valence-electron chi connectivity index (χ2n) is 5.03. The van der Waals surface area contributed by atoms with E-state index in [1.807, 2.05) is 0 Å². The largest absolute Gasteiger partial charge is 0.0588 e. The zero-order valence-corrected chi connectivity index (χ0v) is 12.9. The Labute approximate surface area is 128 Å². The fourth-order valence-electron chi connectivity index (χ4n) is 2.60. The van der Waals surface area contributed by atoms with E-state index in [1.165, 1.54) is 27.8 Å². The van der Waals surface area contributed by atoms with Gasteiger partial charge in [0.2, 0.25) is 0 Å². The highest BCUT2D eigenvalue weighted by atomic mass is 127. The van der Waals surface area contributed by atoms with Gasteiger partial charge in [0.05, 0.1) is 0 Å². The van der Waals surface area contributed by atoms with Crippen molar-refractivity contribution in [1.82, 2.24) is 0 Å². The van der Waals surface area contributed by atoms with Crippen LogP contribution in [0.15, 0.2) is 42.5 Å². The van der Waals surface area contributed by atoms with E-state index in [0.29, 0.717) is 0 Å². The van der Waals surface area contributed by atoms with Crippen molar-refractivity contribution in [2.24, 2.45) is 0 Å². The molecule has 1 heteroatoms. The second kappa shape index (κ2) is 5.79. The van der Waals surface area contributed by atoms with Crippen molar-refractivity contribution >= 4 is 22.6 Å². The quantitative estimate of drug-likeness (QED) is 0.486. The molecule has 4 bridgehead atoms. The maximum atomic E-state index is 3.25. The van der Waals surface area contributed by atoms with Gasteiger partial charge < -0.3 is 0 Å². The third-order valence-corrected chi connectivity index (χ3v) is 4.03. The van der Waals surface area contributed by atoms with Gasteiger partial charge in [-0.2, -0.15) is 0 Å². The highest BCUT2D eigenvalue weighted by Crippen LogP contribution is 2.18. The molecule has 0 nitrogen and oxygen atoms in total. The molecule has 0 heterocycles. The van der Waals surface area contributed by atoms with Gasteiger partial charge in [0, 0.05) is 28.2 Å². The average Bonchev–Trinajstić information content (AvgIpc) is 2.43. The molecular formula is C18H15I. The molecule has 0 N–H and O–H groups in total. The molecule has 0 fully saturated rings. The van der Waals surface area contributed by atoms with Crippen LogP contribution in [0.2, 0.25) is 0 Å². The molecule has 0 aliphatic heterocycles. The first-order valence-corrected chi connectivity index (χ1v) is 7.74. The van der Waals surface area contributed by atoms with Crippen LogP contribution >= 0.6 is 22.6 Å². The Hall–Kier alpha value is -1.27. The van der Waals surface area contributed by atoms with Crippen LogP contribution in [0.5, 0.6) is 0 Å². The first kappa shape index (κ1) is 12.7. The molecule has 2 aromatic carbocycles. The topological polar surface area (TPSA) is 0 Å². The highest BCUT2D eigenvalue weighted by molar-refractivity contribution is 14.1. The molecule has 0 aromatic heterocycles. The Morgan fingerprint density at radius 2 is 1.32 bits per heavy atom. The molecule has 4 aliphatic carbocycles. The van der Waals surface area contributed by atoms with Crippen molar-refractivity contribution in [3.63, 3.8) is 0 Å². The molecule has 0 unspecified atom stereocenters. The fourth-order valence-corrected chi connectivity index (χ4v) is 2.90. The lowest BCUT2D eigenvalue weighted by molar-refractivity contribution is 0.918. The van der Waals surface area contributed by atoms with Gasteiger partial charge in [-0.05, 0) is 57.9 Å². The van der Waals surface area contributed by atoms with Gasteiger partial charge in [-0.15, -0.1) is 0 Å². The summed E-state index contributed by atoms with van der Waals surface area (Å²) in [6.07, 6.45) is 4.36. The van der Waals surface area contributed by atoms with E-state index in [1.54, 1.807) is 0 Å². The molecule has 0 saturated carbocycles. The predicted molar refractivity (Wildman–Crippen MR) is 88.6 cm³/mol. The number of rotatable bonds is 0. The molecule has 0 saturated heterocycles. The first-order valence-electron chi connectivity index (χ1n) is 6.66. The summed E-state index contributed by atoms with van der Waals surface area (Å²) in [5.74, 6) is 3.25. The number of benzene rings is 2. The van der Waals surface area contributed by atoms with Gasteiger partial charge >= 0.3 is 0 Å². The maximum absolute atomic E-state index is 3.25. The van der Waals surface area contributed by atoms with Crippen molar-refractivity contribution in [2.75, 3.05) is 0 Å². The minimum absolute atomic E-state index is 1.07. The van der Waals surface area contributed by atoms with Crippen LogP contribution < -0.4 is 0 Å². The summed E-state index contributed by atoms with van der Waals surface area (Å²) in [7, 11) is 0. The van der Waals surface area contributed by atoms with Crippen LogP contribution in [0.4, 0.5) is 0 Å². The SMILES string of the molecule is IC#Cc1cc2ccc1CCc1ccc(cc1)CC2. The van der Waals surface area contributed by atoms with Crippen LogP contribution in [0.25, 0.3) is 0 Å². The van der Waals surface area contributed by atoms with Crippen molar-refractivity contribution in [3.05, 3.63) is 70.3 Å². The number of hydrogen-bond donors (Lipinski definition) is 0. The second-order valence-corrected chi connectivity index (χ2v) is 5.57. The van der Waals surface area contributed by atoms with E-state index in [9.17, 15) is 0 Å². The molecule has 94 valence electrons. The van der Waals surface area contributed by atoms with Crippen LogP contribution in [-0.4, -0.2) is 0 Å². The third kappa shape index (κ3) is 3.01. The van der Waals surface area contributed by atoms with Crippen LogP contribution in [-0.2, 0) is 25.7 Å². The lowest BCUT2D eigenvalue weighted by Gasteiger charge is -2.11. The van der Waals surface area contributed by atoms with E-state index >= 15 is 0 Å². The van der Waals surface area contributed by atoms with Gasteiger partial charge in [-0.25, -0.2) is 0 Å². The molecule has 0 spiro atoms. The smallest absolute Gasteiger partial charge is 0.0288 e. The summed E-state index contributed by atoms with van der Waals surface area (Å²) in [6.45, 7) is 0. The number of hydrogen-bond acceptors (Lipinski definition) is 0. The molecule has 0 amide bonds. The average molecular weight is 358 g/mol. The molecule has 0 atom stereocenters. The van der Waals surface area contributed by atoms with Gasteiger partial charge in [0.1, 0.15) is 0 Å². The minimum atomic E-state index is 1.07. The fraction of sp³-hybridized carbons (Fsp3) is 0.222. The maximum Gasteiger partial charge on any atom is 0.0288 e. The molecule has 4 aliphatic rings. The molecule has 19 heavy (non-hydrogen) atoms. The lowest BCUT2D eigenvalue weighted by atomic mass is 9.94. The van der Waals surface area contributed by atoms with Gasteiger partial charge in [-0.1, -0.05) is 42.3 Å². The Bertz CT molecular complexity index is 642. The predicted octanol–water partition coefficient (Wildman–Crippen LogP) is 4.31. The lowest BCUT2D eigenvalue weighted by Crippen LogP contribution is -2.00. The Balaban J connectivity index is 2.02.